The molecule has 1 aliphatic carbocycles. The van der Waals surface area contributed by atoms with Crippen molar-refractivity contribution in [1.29, 1.82) is 0 Å². The van der Waals surface area contributed by atoms with Crippen molar-refractivity contribution in [3.05, 3.63) is 71.3 Å². The molecule has 0 aromatic heterocycles. The first-order valence-corrected chi connectivity index (χ1v) is 11.0. The third-order valence-corrected chi connectivity index (χ3v) is 8.46. The van der Waals surface area contributed by atoms with Crippen molar-refractivity contribution in [3.8, 4) is 0 Å². The fourth-order valence-electron chi connectivity index (χ4n) is 5.35. The number of anilines is 1. The summed E-state index contributed by atoms with van der Waals surface area (Å²) in [6.45, 7) is 5.06. The summed E-state index contributed by atoms with van der Waals surface area (Å²) in [6.07, 6.45) is 4.09. The molecule has 3 aliphatic rings. The molecule has 140 valence electrons. The zero-order chi connectivity index (χ0) is 18.8. The van der Waals surface area contributed by atoms with Crippen LogP contribution in [0.4, 0.5) is 5.69 Å². The standard InChI is InChI=1S/C22H24N2O2S/c1-15-7-10-17(11-8-15)27(25,26)24-20-6-4-3-5-18(20)22-13-14-23-19(21(22)24)12-9-16(22)2/h3-11,19,21,23H,12-14H2,1-2H3. The first-order chi connectivity index (χ1) is 13.0. The lowest BCUT2D eigenvalue weighted by molar-refractivity contribution is 0.244. The molecule has 1 N–H and O–H groups in total. The second-order valence-corrected chi connectivity index (χ2v) is 9.80. The van der Waals surface area contributed by atoms with E-state index >= 15 is 0 Å². The van der Waals surface area contributed by atoms with Gasteiger partial charge in [-0.05, 0) is 57.0 Å². The van der Waals surface area contributed by atoms with Crippen LogP contribution >= 0.6 is 0 Å². The van der Waals surface area contributed by atoms with Crippen LogP contribution in [0.2, 0.25) is 0 Å². The van der Waals surface area contributed by atoms with Gasteiger partial charge in [0.05, 0.1) is 16.6 Å². The highest BCUT2D eigenvalue weighted by atomic mass is 32.2. The highest BCUT2D eigenvalue weighted by molar-refractivity contribution is 7.93. The van der Waals surface area contributed by atoms with E-state index in [-0.39, 0.29) is 17.5 Å². The number of aryl methyl sites for hydroxylation is 1. The number of fused-ring (bicyclic) bond motifs is 1. The topological polar surface area (TPSA) is 49.4 Å². The summed E-state index contributed by atoms with van der Waals surface area (Å²) in [4.78, 5) is 0.366. The highest BCUT2D eigenvalue weighted by Gasteiger charge is 2.60. The van der Waals surface area contributed by atoms with Gasteiger partial charge < -0.3 is 5.32 Å². The number of para-hydroxylation sites is 1. The molecule has 1 saturated heterocycles. The first-order valence-electron chi connectivity index (χ1n) is 9.57. The van der Waals surface area contributed by atoms with Crippen molar-refractivity contribution in [3.63, 3.8) is 0 Å². The van der Waals surface area contributed by atoms with Gasteiger partial charge in [-0.1, -0.05) is 47.5 Å². The first kappa shape index (κ1) is 17.0. The van der Waals surface area contributed by atoms with Gasteiger partial charge in [-0.3, -0.25) is 4.31 Å². The van der Waals surface area contributed by atoms with E-state index in [2.05, 4.69) is 24.4 Å². The van der Waals surface area contributed by atoms with Crippen LogP contribution in [0.1, 0.15) is 30.9 Å². The van der Waals surface area contributed by atoms with E-state index in [1.54, 1.807) is 16.4 Å². The third kappa shape index (κ3) is 2.15. The molecule has 0 amide bonds. The molecule has 2 aromatic carbocycles. The van der Waals surface area contributed by atoms with Crippen molar-refractivity contribution in [1.82, 2.24) is 5.32 Å². The van der Waals surface area contributed by atoms with Gasteiger partial charge in [0.1, 0.15) is 0 Å². The van der Waals surface area contributed by atoms with Gasteiger partial charge in [0, 0.05) is 11.5 Å². The molecular formula is C22H24N2O2S. The Bertz CT molecular complexity index is 1040. The maximum atomic E-state index is 13.8. The van der Waals surface area contributed by atoms with E-state index in [1.807, 2.05) is 37.3 Å². The Hall–Kier alpha value is -2.11. The van der Waals surface area contributed by atoms with Crippen molar-refractivity contribution < 1.29 is 8.42 Å². The molecule has 5 rings (SSSR count). The Balaban J connectivity index is 1.76. The number of hydrogen-bond acceptors (Lipinski definition) is 3. The molecular weight excluding hydrogens is 356 g/mol. The Morgan fingerprint density at radius 1 is 1.07 bits per heavy atom. The molecule has 5 heteroatoms. The molecule has 2 aromatic rings. The number of nitrogens with zero attached hydrogens (tertiary/aromatic N) is 1. The minimum Gasteiger partial charge on any atom is -0.311 e. The SMILES string of the molecule is CC1=CCC2NCCC13c1ccccc1N(S(=O)(=O)c1ccc(C)cc1)C23. The summed E-state index contributed by atoms with van der Waals surface area (Å²) in [5, 5.41) is 3.58. The molecule has 0 radical (unpaired) electrons. The fraction of sp³-hybridized carbons (Fsp3) is 0.364. The van der Waals surface area contributed by atoms with Crippen molar-refractivity contribution in [2.75, 3.05) is 10.8 Å². The van der Waals surface area contributed by atoms with Crippen LogP contribution < -0.4 is 9.62 Å². The Morgan fingerprint density at radius 2 is 1.81 bits per heavy atom. The van der Waals surface area contributed by atoms with E-state index in [1.165, 1.54) is 5.57 Å². The smallest absolute Gasteiger partial charge is 0.264 e. The van der Waals surface area contributed by atoms with E-state index in [4.69, 9.17) is 0 Å². The van der Waals surface area contributed by atoms with Gasteiger partial charge in [0.25, 0.3) is 10.0 Å². The van der Waals surface area contributed by atoms with Crippen LogP contribution in [-0.2, 0) is 15.4 Å². The number of benzene rings is 2. The van der Waals surface area contributed by atoms with Gasteiger partial charge in [-0.25, -0.2) is 8.42 Å². The summed E-state index contributed by atoms with van der Waals surface area (Å²) >= 11 is 0. The zero-order valence-electron chi connectivity index (χ0n) is 15.6. The van der Waals surface area contributed by atoms with Crippen molar-refractivity contribution >= 4 is 15.7 Å². The van der Waals surface area contributed by atoms with Gasteiger partial charge >= 0.3 is 0 Å². The monoisotopic (exact) mass is 380 g/mol. The summed E-state index contributed by atoms with van der Waals surface area (Å²) in [6, 6.07) is 15.3. The van der Waals surface area contributed by atoms with Crippen molar-refractivity contribution in [2.24, 2.45) is 0 Å². The van der Waals surface area contributed by atoms with Crippen LogP contribution in [0.3, 0.4) is 0 Å². The Kier molecular flexibility index (Phi) is 3.59. The molecule has 27 heavy (non-hydrogen) atoms. The second kappa shape index (κ2) is 5.69. The number of piperidine rings is 1. The van der Waals surface area contributed by atoms with Gasteiger partial charge in [0.15, 0.2) is 0 Å². The van der Waals surface area contributed by atoms with Gasteiger partial charge in [-0.15, -0.1) is 0 Å². The summed E-state index contributed by atoms with van der Waals surface area (Å²) in [5.74, 6) is 0. The molecule has 3 unspecified atom stereocenters. The summed E-state index contributed by atoms with van der Waals surface area (Å²) in [7, 11) is -3.64. The lowest BCUT2D eigenvalue weighted by atomic mass is 9.62. The third-order valence-electron chi connectivity index (χ3n) is 6.65. The van der Waals surface area contributed by atoms with Crippen LogP contribution in [0, 0.1) is 6.92 Å². The highest BCUT2D eigenvalue weighted by Crippen LogP contribution is 2.57. The van der Waals surface area contributed by atoms with Crippen LogP contribution in [0.25, 0.3) is 0 Å². The number of hydrogen-bond donors (Lipinski definition) is 1. The van der Waals surface area contributed by atoms with Gasteiger partial charge in [0.2, 0.25) is 0 Å². The van der Waals surface area contributed by atoms with E-state index < -0.39 is 10.0 Å². The second-order valence-electron chi connectivity index (χ2n) is 7.98. The van der Waals surface area contributed by atoms with E-state index in [0.717, 1.165) is 36.2 Å². The average molecular weight is 381 g/mol. The maximum absolute atomic E-state index is 13.8. The molecule has 0 saturated carbocycles. The predicted molar refractivity (Wildman–Crippen MR) is 108 cm³/mol. The lowest BCUT2D eigenvalue weighted by Gasteiger charge is -2.50. The Morgan fingerprint density at radius 3 is 2.59 bits per heavy atom. The van der Waals surface area contributed by atoms with E-state index in [0.29, 0.717) is 4.90 Å². The molecule has 2 heterocycles. The zero-order valence-corrected chi connectivity index (χ0v) is 16.5. The summed E-state index contributed by atoms with van der Waals surface area (Å²) < 4.78 is 29.3. The minimum atomic E-state index is -3.64. The Labute approximate surface area is 161 Å². The van der Waals surface area contributed by atoms with Crippen LogP contribution in [0.5, 0.6) is 0 Å². The average Bonchev–Trinajstić information content (AvgIpc) is 2.99. The van der Waals surface area contributed by atoms with Gasteiger partial charge in [-0.2, -0.15) is 0 Å². The van der Waals surface area contributed by atoms with Crippen LogP contribution in [0.15, 0.2) is 65.1 Å². The normalized spacial score (nSPS) is 29.1. The number of nitrogens with one attached hydrogen (secondary N) is 1. The fourth-order valence-corrected chi connectivity index (χ4v) is 7.10. The maximum Gasteiger partial charge on any atom is 0.264 e. The predicted octanol–water partition coefficient (Wildman–Crippen LogP) is 3.52. The number of sulfonamides is 1. The molecule has 1 fully saturated rings. The minimum absolute atomic E-state index is 0.111. The molecule has 4 nitrogen and oxygen atoms in total. The summed E-state index contributed by atoms with van der Waals surface area (Å²) in [5.41, 5.74) is 4.14. The molecule has 3 atom stereocenters. The van der Waals surface area contributed by atoms with Crippen LogP contribution in [-0.4, -0.2) is 27.0 Å². The number of rotatable bonds is 2. The molecule has 2 bridgehead atoms. The largest absolute Gasteiger partial charge is 0.311 e. The van der Waals surface area contributed by atoms with Crippen molar-refractivity contribution in [2.45, 2.75) is 49.1 Å². The molecule has 0 spiro atoms. The van der Waals surface area contributed by atoms with E-state index in [9.17, 15) is 8.42 Å². The quantitative estimate of drug-likeness (QED) is 0.811. The molecule has 2 aliphatic heterocycles. The lowest BCUT2D eigenvalue weighted by Crippen LogP contribution is -2.64.